The lowest BCUT2D eigenvalue weighted by Gasteiger charge is -2.21. The summed E-state index contributed by atoms with van der Waals surface area (Å²) in [7, 11) is 0. The zero-order valence-corrected chi connectivity index (χ0v) is 12.2. The first-order chi connectivity index (χ1) is 10.1. The fraction of sp³-hybridized carbons (Fsp3) is 0.188. The predicted molar refractivity (Wildman–Crippen MR) is 84.2 cm³/mol. The Hall–Kier alpha value is -1.98. The molecule has 0 aliphatic rings. The molecular weight excluding hydrogens is 286 g/mol. The van der Waals surface area contributed by atoms with Crippen molar-refractivity contribution < 1.29 is 15.0 Å². The Morgan fingerprint density at radius 3 is 2.48 bits per heavy atom. The highest BCUT2D eigenvalue weighted by atomic mass is 32.2. The van der Waals surface area contributed by atoms with Gasteiger partial charge in [0.25, 0.3) is 0 Å². The third-order valence-corrected chi connectivity index (χ3v) is 4.51. The first-order valence-corrected chi connectivity index (χ1v) is 7.55. The topological polar surface area (TPSA) is 83.6 Å². The zero-order chi connectivity index (χ0) is 15.2. The second-order valence-electron chi connectivity index (χ2n) is 4.68. The highest BCUT2D eigenvalue weighted by Gasteiger charge is 2.26. The molecule has 0 aliphatic carbocycles. The van der Waals surface area contributed by atoms with Gasteiger partial charge in [0.1, 0.15) is 11.8 Å². The van der Waals surface area contributed by atoms with E-state index in [1.165, 1.54) is 11.8 Å². The van der Waals surface area contributed by atoms with E-state index < -0.39 is 17.3 Å². The van der Waals surface area contributed by atoms with Gasteiger partial charge in [-0.2, -0.15) is 0 Å². The van der Waals surface area contributed by atoms with Gasteiger partial charge in [-0.05, 0) is 23.3 Å². The van der Waals surface area contributed by atoms with Gasteiger partial charge < -0.3 is 15.9 Å². The average molecular weight is 303 g/mol. The molecule has 0 saturated heterocycles. The van der Waals surface area contributed by atoms with E-state index in [4.69, 9.17) is 5.73 Å². The van der Waals surface area contributed by atoms with Gasteiger partial charge in [-0.25, -0.2) is 0 Å². The number of aliphatic carboxylic acids is 1. The number of hydrogen-bond donors (Lipinski definition) is 3. The minimum absolute atomic E-state index is 0.107. The highest BCUT2D eigenvalue weighted by Crippen LogP contribution is 2.35. The number of benzene rings is 2. The van der Waals surface area contributed by atoms with Crippen LogP contribution in [0.15, 0.2) is 54.6 Å². The summed E-state index contributed by atoms with van der Waals surface area (Å²) in [5.74, 6) is -0.290. The summed E-state index contributed by atoms with van der Waals surface area (Å²) in [6.45, 7) is 0. The van der Waals surface area contributed by atoms with E-state index in [9.17, 15) is 15.0 Å². The van der Waals surface area contributed by atoms with Crippen LogP contribution in [-0.4, -0.2) is 22.2 Å². The van der Waals surface area contributed by atoms with Gasteiger partial charge in [0, 0.05) is 5.75 Å². The van der Waals surface area contributed by atoms with Crippen LogP contribution in [0.25, 0.3) is 0 Å². The molecule has 2 rings (SSSR count). The SMILES string of the molecule is N[C@@H](C(=O)O)[C@@H](SCc1ccccc1)c1cccc(O)c1. The molecule has 0 bridgehead atoms. The van der Waals surface area contributed by atoms with Crippen LogP contribution in [0.2, 0.25) is 0 Å². The Kier molecular flexibility index (Phi) is 5.25. The summed E-state index contributed by atoms with van der Waals surface area (Å²) in [5, 5.41) is 18.3. The van der Waals surface area contributed by atoms with E-state index in [1.54, 1.807) is 24.3 Å². The van der Waals surface area contributed by atoms with Gasteiger partial charge in [0.15, 0.2) is 0 Å². The third-order valence-electron chi connectivity index (χ3n) is 3.08. The van der Waals surface area contributed by atoms with E-state index >= 15 is 0 Å². The molecule has 0 aliphatic heterocycles. The van der Waals surface area contributed by atoms with Crippen LogP contribution >= 0.6 is 11.8 Å². The summed E-state index contributed by atoms with van der Waals surface area (Å²) in [6, 6.07) is 15.3. The molecule has 4 nitrogen and oxygen atoms in total. The first kappa shape index (κ1) is 15.4. The lowest BCUT2D eigenvalue weighted by atomic mass is 10.1. The number of carbonyl (C=O) groups is 1. The van der Waals surface area contributed by atoms with E-state index in [0.29, 0.717) is 11.3 Å². The smallest absolute Gasteiger partial charge is 0.321 e. The third kappa shape index (κ3) is 4.24. The molecule has 2 atom stereocenters. The van der Waals surface area contributed by atoms with Crippen molar-refractivity contribution in [1.82, 2.24) is 0 Å². The zero-order valence-electron chi connectivity index (χ0n) is 11.3. The number of nitrogens with two attached hydrogens (primary N) is 1. The Bertz CT molecular complexity index is 603. The molecular formula is C16H17NO3S. The van der Waals surface area contributed by atoms with Crippen LogP contribution in [0.5, 0.6) is 5.75 Å². The molecule has 0 aromatic heterocycles. The van der Waals surface area contributed by atoms with Crippen LogP contribution < -0.4 is 5.73 Å². The standard InChI is InChI=1S/C16H17NO3S/c17-14(16(19)20)15(12-7-4-8-13(18)9-12)21-10-11-5-2-1-3-6-11/h1-9,14-15,18H,10,17H2,(H,19,20)/t14-,15+/m1/s1. The maximum atomic E-state index is 11.2. The van der Waals surface area contributed by atoms with E-state index in [2.05, 4.69) is 0 Å². The summed E-state index contributed by atoms with van der Waals surface area (Å²) < 4.78 is 0. The maximum absolute atomic E-state index is 11.2. The Morgan fingerprint density at radius 1 is 1.14 bits per heavy atom. The van der Waals surface area contributed by atoms with E-state index in [-0.39, 0.29) is 5.75 Å². The van der Waals surface area contributed by atoms with Crippen molar-refractivity contribution in [2.24, 2.45) is 5.73 Å². The fourth-order valence-electron chi connectivity index (χ4n) is 2.00. The van der Waals surface area contributed by atoms with Gasteiger partial charge in [-0.1, -0.05) is 42.5 Å². The molecule has 2 aromatic rings. The lowest BCUT2D eigenvalue weighted by Crippen LogP contribution is -2.35. The molecule has 110 valence electrons. The molecule has 0 radical (unpaired) electrons. The highest BCUT2D eigenvalue weighted by molar-refractivity contribution is 7.98. The normalized spacial score (nSPS) is 13.6. The molecule has 0 unspecified atom stereocenters. The van der Waals surface area contributed by atoms with Gasteiger partial charge >= 0.3 is 5.97 Å². The molecule has 2 aromatic carbocycles. The number of rotatable bonds is 6. The molecule has 0 saturated carbocycles. The Morgan fingerprint density at radius 2 is 1.86 bits per heavy atom. The molecule has 0 heterocycles. The number of phenols is 1. The van der Waals surface area contributed by atoms with Crippen LogP contribution in [-0.2, 0) is 10.5 Å². The summed E-state index contributed by atoms with van der Waals surface area (Å²) in [4.78, 5) is 11.2. The lowest BCUT2D eigenvalue weighted by molar-refractivity contribution is -0.138. The fourth-order valence-corrected chi connectivity index (χ4v) is 3.23. The van der Waals surface area contributed by atoms with Crippen LogP contribution in [0.4, 0.5) is 0 Å². The number of thioether (sulfide) groups is 1. The molecule has 0 amide bonds. The van der Waals surface area contributed by atoms with Crippen molar-refractivity contribution in [2.75, 3.05) is 0 Å². The van der Waals surface area contributed by atoms with Crippen LogP contribution in [0, 0.1) is 0 Å². The first-order valence-electron chi connectivity index (χ1n) is 6.51. The van der Waals surface area contributed by atoms with Crippen LogP contribution in [0.1, 0.15) is 16.4 Å². The second kappa shape index (κ2) is 7.15. The molecule has 5 heteroatoms. The van der Waals surface area contributed by atoms with Crippen molar-refractivity contribution in [3.63, 3.8) is 0 Å². The molecule has 0 fully saturated rings. The van der Waals surface area contributed by atoms with E-state index in [0.717, 1.165) is 5.56 Å². The monoisotopic (exact) mass is 303 g/mol. The molecule has 4 N–H and O–H groups in total. The summed E-state index contributed by atoms with van der Waals surface area (Å²) >= 11 is 1.46. The van der Waals surface area contributed by atoms with Gasteiger partial charge in [-0.15, -0.1) is 11.8 Å². The maximum Gasteiger partial charge on any atom is 0.321 e. The second-order valence-corrected chi connectivity index (χ2v) is 5.81. The minimum atomic E-state index is -1.05. The number of phenolic OH excluding ortho intramolecular Hbond substituents is 1. The number of carboxylic acid groups (broad SMARTS) is 1. The van der Waals surface area contributed by atoms with Crippen molar-refractivity contribution in [3.05, 3.63) is 65.7 Å². The summed E-state index contributed by atoms with van der Waals surface area (Å²) in [6.07, 6.45) is 0. The van der Waals surface area contributed by atoms with Crippen molar-refractivity contribution in [3.8, 4) is 5.75 Å². The molecule has 0 spiro atoms. The minimum Gasteiger partial charge on any atom is -0.508 e. The van der Waals surface area contributed by atoms with Gasteiger partial charge in [-0.3, -0.25) is 4.79 Å². The molecule has 21 heavy (non-hydrogen) atoms. The largest absolute Gasteiger partial charge is 0.508 e. The van der Waals surface area contributed by atoms with Crippen molar-refractivity contribution in [2.45, 2.75) is 17.0 Å². The number of hydrogen-bond acceptors (Lipinski definition) is 4. The van der Waals surface area contributed by atoms with Crippen molar-refractivity contribution in [1.29, 1.82) is 0 Å². The predicted octanol–water partition coefficient (Wildman–Crippen LogP) is 2.78. The van der Waals surface area contributed by atoms with E-state index in [1.807, 2.05) is 30.3 Å². The number of aromatic hydroxyl groups is 1. The Balaban J connectivity index is 2.18. The van der Waals surface area contributed by atoms with Gasteiger partial charge in [0.05, 0.1) is 5.25 Å². The quantitative estimate of drug-likeness (QED) is 0.764. The summed E-state index contributed by atoms with van der Waals surface area (Å²) in [5.41, 5.74) is 7.62. The van der Waals surface area contributed by atoms with Gasteiger partial charge in [0.2, 0.25) is 0 Å². The average Bonchev–Trinajstić information content (AvgIpc) is 2.48. The van der Waals surface area contributed by atoms with Crippen LogP contribution in [0.3, 0.4) is 0 Å². The number of carboxylic acids is 1. The van der Waals surface area contributed by atoms with Crippen molar-refractivity contribution >= 4 is 17.7 Å². The Labute approximate surface area is 127 Å².